The lowest BCUT2D eigenvalue weighted by Gasteiger charge is -2.10. The number of aromatic nitrogens is 1. The summed E-state index contributed by atoms with van der Waals surface area (Å²) in [6, 6.07) is 12.0. The van der Waals surface area contributed by atoms with Gasteiger partial charge in [-0.3, -0.25) is 4.79 Å². The Morgan fingerprint density at radius 2 is 1.63 bits per heavy atom. The van der Waals surface area contributed by atoms with Gasteiger partial charge in [0.15, 0.2) is 0 Å². The van der Waals surface area contributed by atoms with Gasteiger partial charge in [0.2, 0.25) is 0 Å². The van der Waals surface area contributed by atoms with E-state index in [2.05, 4.69) is 32.9 Å². The van der Waals surface area contributed by atoms with Gasteiger partial charge in [0.05, 0.1) is 15.8 Å². The van der Waals surface area contributed by atoms with Gasteiger partial charge in [0.25, 0.3) is 5.56 Å². The van der Waals surface area contributed by atoms with Gasteiger partial charge >= 0.3 is 0 Å². The van der Waals surface area contributed by atoms with Crippen molar-refractivity contribution >= 4 is 21.6 Å². The Morgan fingerprint density at radius 1 is 1.00 bits per heavy atom. The largest absolute Gasteiger partial charge is 0.273 e. The summed E-state index contributed by atoms with van der Waals surface area (Å²) in [4.78, 5) is 12.5. The third kappa shape index (κ3) is 1.90. The zero-order chi connectivity index (χ0) is 13.6. The van der Waals surface area contributed by atoms with E-state index in [1.54, 1.807) is 0 Å². The van der Waals surface area contributed by atoms with Crippen LogP contribution >= 0.6 is 11.5 Å². The van der Waals surface area contributed by atoms with E-state index in [0.717, 1.165) is 26.9 Å². The molecule has 0 N–H and O–H groups in total. The number of fused-ring (bicyclic) bond motifs is 1. The molecule has 3 aromatic rings. The van der Waals surface area contributed by atoms with E-state index >= 15 is 0 Å². The average molecular weight is 269 g/mol. The molecule has 0 atom stereocenters. The van der Waals surface area contributed by atoms with Gasteiger partial charge in [-0.05, 0) is 44.0 Å². The second-order valence-electron chi connectivity index (χ2n) is 4.93. The summed E-state index contributed by atoms with van der Waals surface area (Å²) in [6.45, 7) is 6.20. The molecule has 0 spiro atoms. The molecule has 0 fully saturated rings. The minimum Gasteiger partial charge on any atom is -0.267 e. The van der Waals surface area contributed by atoms with Crippen molar-refractivity contribution in [2.45, 2.75) is 20.8 Å². The van der Waals surface area contributed by atoms with E-state index in [4.69, 9.17) is 0 Å². The number of benzene rings is 2. The van der Waals surface area contributed by atoms with Crippen LogP contribution < -0.4 is 5.56 Å². The third-order valence-corrected chi connectivity index (χ3v) is 4.41. The minimum absolute atomic E-state index is 0.0793. The fourth-order valence-corrected chi connectivity index (χ4v) is 3.76. The fourth-order valence-electron chi connectivity index (χ4n) is 2.61. The molecule has 0 bridgehead atoms. The van der Waals surface area contributed by atoms with Gasteiger partial charge in [0, 0.05) is 0 Å². The molecule has 96 valence electrons. The second kappa shape index (κ2) is 4.35. The molecule has 0 saturated carbocycles. The van der Waals surface area contributed by atoms with Crippen molar-refractivity contribution in [3.63, 3.8) is 0 Å². The molecular formula is C16H15NOS. The Morgan fingerprint density at radius 3 is 2.26 bits per heavy atom. The van der Waals surface area contributed by atoms with Gasteiger partial charge in [0.1, 0.15) is 0 Å². The quantitative estimate of drug-likeness (QED) is 0.655. The first-order valence-electron chi connectivity index (χ1n) is 6.27. The molecule has 1 heterocycles. The Kier molecular flexibility index (Phi) is 2.79. The van der Waals surface area contributed by atoms with E-state index in [9.17, 15) is 4.79 Å². The standard InChI is InChI=1S/C16H15NOS/c1-10-8-11(2)15(12(3)9-10)17-16(18)13-6-4-5-7-14(13)19-17/h4-9H,1-3H3. The van der Waals surface area contributed by atoms with E-state index in [1.165, 1.54) is 17.1 Å². The Hall–Kier alpha value is -1.87. The van der Waals surface area contributed by atoms with Gasteiger partial charge in [-0.25, -0.2) is 3.96 Å². The van der Waals surface area contributed by atoms with Crippen LogP contribution in [0.3, 0.4) is 0 Å². The summed E-state index contributed by atoms with van der Waals surface area (Å²) in [5.74, 6) is 0. The normalized spacial score (nSPS) is 11.1. The maximum atomic E-state index is 12.5. The molecule has 2 aromatic carbocycles. The molecule has 19 heavy (non-hydrogen) atoms. The first-order chi connectivity index (χ1) is 9.08. The summed E-state index contributed by atoms with van der Waals surface area (Å²) in [6.07, 6.45) is 0. The number of nitrogens with zero attached hydrogens (tertiary/aromatic N) is 1. The first-order valence-corrected chi connectivity index (χ1v) is 7.04. The predicted molar refractivity (Wildman–Crippen MR) is 81.6 cm³/mol. The number of aryl methyl sites for hydroxylation is 3. The van der Waals surface area contributed by atoms with Crippen LogP contribution in [0.4, 0.5) is 0 Å². The molecule has 0 radical (unpaired) electrons. The van der Waals surface area contributed by atoms with Gasteiger partial charge in [-0.15, -0.1) is 0 Å². The topological polar surface area (TPSA) is 22.0 Å². The smallest absolute Gasteiger partial charge is 0.267 e. The van der Waals surface area contributed by atoms with E-state index in [1.807, 2.05) is 28.2 Å². The fraction of sp³-hybridized carbons (Fsp3) is 0.188. The lowest BCUT2D eigenvalue weighted by molar-refractivity contribution is 1.09. The average Bonchev–Trinajstić information content (AvgIpc) is 2.66. The number of rotatable bonds is 1. The van der Waals surface area contributed by atoms with Crippen molar-refractivity contribution in [1.29, 1.82) is 0 Å². The van der Waals surface area contributed by atoms with Crippen LogP contribution in [0.2, 0.25) is 0 Å². The highest BCUT2D eigenvalue weighted by Gasteiger charge is 2.12. The number of hydrogen-bond acceptors (Lipinski definition) is 2. The zero-order valence-corrected chi connectivity index (χ0v) is 12.0. The van der Waals surface area contributed by atoms with E-state index in [0.29, 0.717) is 0 Å². The highest BCUT2D eigenvalue weighted by Crippen LogP contribution is 2.25. The first kappa shape index (κ1) is 12.2. The van der Waals surface area contributed by atoms with Crippen LogP contribution in [-0.4, -0.2) is 3.96 Å². The van der Waals surface area contributed by atoms with Crippen molar-refractivity contribution in [3.8, 4) is 5.69 Å². The van der Waals surface area contributed by atoms with Crippen molar-refractivity contribution < 1.29 is 0 Å². The van der Waals surface area contributed by atoms with E-state index in [-0.39, 0.29) is 5.56 Å². The van der Waals surface area contributed by atoms with Crippen molar-refractivity contribution in [1.82, 2.24) is 3.96 Å². The Bertz CT molecular complexity index is 803. The molecule has 1 aromatic heterocycles. The number of hydrogen-bond donors (Lipinski definition) is 0. The maximum absolute atomic E-state index is 12.5. The Balaban J connectivity index is 2.37. The molecule has 3 rings (SSSR count). The van der Waals surface area contributed by atoms with Crippen LogP contribution in [0.25, 0.3) is 15.8 Å². The SMILES string of the molecule is Cc1cc(C)c(-n2sc3ccccc3c2=O)c(C)c1. The van der Waals surface area contributed by atoms with Gasteiger partial charge < -0.3 is 0 Å². The third-order valence-electron chi connectivity index (χ3n) is 3.33. The second-order valence-corrected chi connectivity index (χ2v) is 5.92. The molecule has 0 amide bonds. The van der Waals surface area contributed by atoms with Crippen molar-refractivity contribution in [3.05, 3.63) is 63.4 Å². The zero-order valence-electron chi connectivity index (χ0n) is 11.2. The summed E-state index contributed by atoms with van der Waals surface area (Å²) in [5, 5.41) is 0.798. The Labute approximate surface area is 116 Å². The highest BCUT2D eigenvalue weighted by molar-refractivity contribution is 7.14. The summed E-state index contributed by atoms with van der Waals surface area (Å²) in [5.41, 5.74) is 4.62. The monoisotopic (exact) mass is 269 g/mol. The van der Waals surface area contributed by atoms with Gasteiger partial charge in [-0.2, -0.15) is 0 Å². The molecule has 0 saturated heterocycles. The molecule has 0 aliphatic rings. The molecule has 0 aliphatic heterocycles. The lowest BCUT2D eigenvalue weighted by Crippen LogP contribution is -2.13. The van der Waals surface area contributed by atoms with Crippen LogP contribution in [0, 0.1) is 20.8 Å². The maximum Gasteiger partial charge on any atom is 0.273 e. The highest BCUT2D eigenvalue weighted by atomic mass is 32.1. The molecular weight excluding hydrogens is 254 g/mol. The minimum atomic E-state index is 0.0793. The molecule has 2 nitrogen and oxygen atoms in total. The van der Waals surface area contributed by atoms with Crippen LogP contribution in [-0.2, 0) is 0 Å². The van der Waals surface area contributed by atoms with Crippen molar-refractivity contribution in [2.24, 2.45) is 0 Å². The summed E-state index contributed by atoms with van der Waals surface area (Å²) >= 11 is 1.52. The van der Waals surface area contributed by atoms with Gasteiger partial charge in [-0.1, -0.05) is 41.4 Å². The van der Waals surface area contributed by atoms with Crippen LogP contribution in [0.1, 0.15) is 16.7 Å². The molecule has 0 unspecified atom stereocenters. The lowest BCUT2D eigenvalue weighted by atomic mass is 10.1. The van der Waals surface area contributed by atoms with Crippen molar-refractivity contribution in [2.75, 3.05) is 0 Å². The summed E-state index contributed by atoms with van der Waals surface area (Å²) < 4.78 is 2.85. The van der Waals surface area contributed by atoms with Crippen LogP contribution in [0.15, 0.2) is 41.2 Å². The molecule has 0 aliphatic carbocycles. The summed E-state index contributed by atoms with van der Waals surface area (Å²) in [7, 11) is 0. The van der Waals surface area contributed by atoms with Crippen LogP contribution in [0.5, 0.6) is 0 Å². The van der Waals surface area contributed by atoms with E-state index < -0.39 is 0 Å². The predicted octanol–water partition coefficient (Wildman–Crippen LogP) is 3.98. The molecule has 3 heteroatoms.